The lowest BCUT2D eigenvalue weighted by Crippen LogP contribution is -2.16. The summed E-state index contributed by atoms with van der Waals surface area (Å²) in [5.41, 5.74) is 4.08. The zero-order valence-corrected chi connectivity index (χ0v) is 12.4. The van der Waals surface area contributed by atoms with Gasteiger partial charge in [-0.05, 0) is 42.2 Å². The molecule has 0 fully saturated rings. The average Bonchev–Trinajstić information content (AvgIpc) is 2.40. The lowest BCUT2D eigenvalue weighted by molar-refractivity contribution is 0.590. The normalized spacial score (nSPS) is 11.4. The van der Waals surface area contributed by atoms with E-state index < -0.39 is 0 Å². The summed E-state index contributed by atoms with van der Waals surface area (Å²) in [5, 5.41) is 0. The topological polar surface area (TPSA) is 3.24 Å². The molecule has 0 aliphatic rings. The molecule has 2 rings (SSSR count). The first-order valence-corrected chi connectivity index (χ1v) is 6.95. The van der Waals surface area contributed by atoms with Crippen LogP contribution in [0.4, 0.5) is 11.4 Å². The molecule has 0 heterocycles. The van der Waals surface area contributed by atoms with E-state index in [2.05, 4.69) is 87.2 Å². The van der Waals surface area contributed by atoms with E-state index >= 15 is 0 Å². The Hall–Kier alpha value is -1.76. The van der Waals surface area contributed by atoms with Gasteiger partial charge in [0.15, 0.2) is 0 Å². The number of hydrogen-bond donors (Lipinski definition) is 0. The summed E-state index contributed by atoms with van der Waals surface area (Å²) in [6.45, 7) is 9.90. The summed E-state index contributed by atoms with van der Waals surface area (Å²) in [5.74, 6) is 0. The Morgan fingerprint density at radius 3 is 1.79 bits per heavy atom. The predicted molar refractivity (Wildman–Crippen MR) is 84.3 cm³/mol. The van der Waals surface area contributed by atoms with E-state index in [9.17, 15) is 0 Å². The summed E-state index contributed by atoms with van der Waals surface area (Å²) < 4.78 is 0. The van der Waals surface area contributed by atoms with Gasteiger partial charge in [0.25, 0.3) is 0 Å². The summed E-state index contributed by atoms with van der Waals surface area (Å²) in [4.78, 5) is 2.33. The van der Waals surface area contributed by atoms with Gasteiger partial charge >= 0.3 is 0 Å². The quantitative estimate of drug-likeness (QED) is 0.732. The summed E-state index contributed by atoms with van der Waals surface area (Å²) in [7, 11) is 0. The molecular weight excluding hydrogens is 230 g/mol. The second-order valence-electron chi connectivity index (χ2n) is 5.88. The second-order valence-corrected chi connectivity index (χ2v) is 5.88. The van der Waals surface area contributed by atoms with Crippen LogP contribution >= 0.6 is 0 Å². The SMILES string of the molecule is CCN(c1ccccc1)c1ccc(C(C)(C)C)cc1. The van der Waals surface area contributed by atoms with Crippen molar-refractivity contribution in [3.8, 4) is 0 Å². The standard InChI is InChI=1S/C18H23N/c1-5-19(16-9-7-6-8-10-16)17-13-11-15(12-14-17)18(2,3)4/h6-14H,5H2,1-4H3. The molecule has 0 aromatic heterocycles. The number of hydrogen-bond acceptors (Lipinski definition) is 1. The van der Waals surface area contributed by atoms with Crippen molar-refractivity contribution in [2.24, 2.45) is 0 Å². The lowest BCUT2D eigenvalue weighted by Gasteiger charge is -2.25. The molecule has 0 saturated heterocycles. The highest BCUT2D eigenvalue weighted by atomic mass is 15.1. The van der Waals surface area contributed by atoms with Crippen LogP contribution in [0.15, 0.2) is 54.6 Å². The first-order valence-electron chi connectivity index (χ1n) is 6.95. The minimum Gasteiger partial charge on any atom is -0.342 e. The van der Waals surface area contributed by atoms with Crippen molar-refractivity contribution in [3.05, 3.63) is 60.2 Å². The molecule has 0 radical (unpaired) electrons. The number of nitrogens with zero attached hydrogens (tertiary/aromatic N) is 1. The van der Waals surface area contributed by atoms with E-state index in [0.717, 1.165) is 6.54 Å². The average molecular weight is 253 g/mol. The Bertz CT molecular complexity index is 506. The van der Waals surface area contributed by atoms with Gasteiger partial charge in [-0.1, -0.05) is 51.1 Å². The molecule has 0 aliphatic heterocycles. The van der Waals surface area contributed by atoms with Crippen LogP contribution in [0.5, 0.6) is 0 Å². The molecule has 0 aliphatic carbocycles. The highest BCUT2D eigenvalue weighted by molar-refractivity contribution is 5.63. The minimum absolute atomic E-state index is 0.211. The molecule has 0 saturated carbocycles. The largest absolute Gasteiger partial charge is 0.342 e. The number of para-hydroxylation sites is 1. The van der Waals surface area contributed by atoms with Crippen LogP contribution in [0, 0.1) is 0 Å². The molecular formula is C18H23N. The smallest absolute Gasteiger partial charge is 0.0410 e. The molecule has 100 valence electrons. The van der Waals surface area contributed by atoms with Crippen molar-refractivity contribution in [1.82, 2.24) is 0 Å². The van der Waals surface area contributed by atoms with Gasteiger partial charge in [0.2, 0.25) is 0 Å². The molecule has 2 aromatic carbocycles. The molecule has 2 aromatic rings. The Labute approximate surface area is 116 Å². The van der Waals surface area contributed by atoms with Crippen molar-refractivity contribution < 1.29 is 0 Å². The molecule has 0 bridgehead atoms. The van der Waals surface area contributed by atoms with Crippen LogP contribution in [0.1, 0.15) is 33.3 Å². The van der Waals surface area contributed by atoms with Gasteiger partial charge in [0.1, 0.15) is 0 Å². The van der Waals surface area contributed by atoms with Crippen LogP contribution < -0.4 is 4.90 Å². The van der Waals surface area contributed by atoms with Crippen LogP contribution in [0.2, 0.25) is 0 Å². The van der Waals surface area contributed by atoms with E-state index in [-0.39, 0.29) is 5.41 Å². The second kappa shape index (κ2) is 5.48. The van der Waals surface area contributed by atoms with Crippen LogP contribution in [0.25, 0.3) is 0 Å². The molecule has 0 atom stereocenters. The molecule has 0 amide bonds. The zero-order valence-electron chi connectivity index (χ0n) is 12.4. The van der Waals surface area contributed by atoms with Crippen molar-refractivity contribution in [2.75, 3.05) is 11.4 Å². The Balaban J connectivity index is 2.30. The van der Waals surface area contributed by atoms with E-state index in [1.54, 1.807) is 0 Å². The van der Waals surface area contributed by atoms with E-state index in [1.807, 2.05) is 0 Å². The molecule has 1 nitrogen and oxygen atoms in total. The number of rotatable bonds is 3. The van der Waals surface area contributed by atoms with Gasteiger partial charge < -0.3 is 4.90 Å². The fourth-order valence-corrected chi connectivity index (χ4v) is 2.26. The van der Waals surface area contributed by atoms with Gasteiger partial charge in [0, 0.05) is 17.9 Å². The van der Waals surface area contributed by atoms with Gasteiger partial charge in [-0.2, -0.15) is 0 Å². The molecule has 0 spiro atoms. The summed E-state index contributed by atoms with van der Waals surface area (Å²) in [6, 6.07) is 19.4. The maximum Gasteiger partial charge on any atom is 0.0410 e. The Kier molecular flexibility index (Phi) is 3.94. The van der Waals surface area contributed by atoms with Gasteiger partial charge in [-0.3, -0.25) is 0 Å². The third-order valence-electron chi connectivity index (χ3n) is 3.43. The van der Waals surface area contributed by atoms with E-state index in [1.165, 1.54) is 16.9 Å². The third kappa shape index (κ3) is 3.17. The number of benzene rings is 2. The van der Waals surface area contributed by atoms with Gasteiger partial charge in [0.05, 0.1) is 0 Å². The maximum atomic E-state index is 2.33. The monoisotopic (exact) mass is 253 g/mol. The third-order valence-corrected chi connectivity index (χ3v) is 3.43. The molecule has 0 unspecified atom stereocenters. The molecule has 1 heteroatoms. The molecule has 0 N–H and O–H groups in total. The van der Waals surface area contributed by atoms with Crippen LogP contribution in [-0.4, -0.2) is 6.54 Å². The maximum absolute atomic E-state index is 2.33. The molecule has 19 heavy (non-hydrogen) atoms. The minimum atomic E-state index is 0.211. The highest BCUT2D eigenvalue weighted by Gasteiger charge is 2.14. The highest BCUT2D eigenvalue weighted by Crippen LogP contribution is 2.28. The number of anilines is 2. The van der Waals surface area contributed by atoms with Gasteiger partial charge in [-0.25, -0.2) is 0 Å². The predicted octanol–water partition coefficient (Wildman–Crippen LogP) is 5.14. The fraction of sp³-hybridized carbons (Fsp3) is 0.333. The Morgan fingerprint density at radius 1 is 0.789 bits per heavy atom. The van der Waals surface area contributed by atoms with Gasteiger partial charge in [-0.15, -0.1) is 0 Å². The van der Waals surface area contributed by atoms with Crippen molar-refractivity contribution in [1.29, 1.82) is 0 Å². The van der Waals surface area contributed by atoms with Crippen molar-refractivity contribution in [3.63, 3.8) is 0 Å². The zero-order chi connectivity index (χ0) is 13.9. The van der Waals surface area contributed by atoms with Crippen molar-refractivity contribution >= 4 is 11.4 Å². The summed E-state index contributed by atoms with van der Waals surface area (Å²) in [6.07, 6.45) is 0. The Morgan fingerprint density at radius 2 is 1.32 bits per heavy atom. The van der Waals surface area contributed by atoms with Crippen molar-refractivity contribution in [2.45, 2.75) is 33.1 Å². The van der Waals surface area contributed by atoms with E-state index in [0.29, 0.717) is 0 Å². The van der Waals surface area contributed by atoms with Crippen LogP contribution in [-0.2, 0) is 5.41 Å². The fourth-order valence-electron chi connectivity index (χ4n) is 2.26. The first kappa shape index (κ1) is 13.7. The summed E-state index contributed by atoms with van der Waals surface area (Å²) >= 11 is 0. The van der Waals surface area contributed by atoms with E-state index in [4.69, 9.17) is 0 Å². The van der Waals surface area contributed by atoms with Crippen LogP contribution in [0.3, 0.4) is 0 Å². The lowest BCUT2D eigenvalue weighted by atomic mass is 9.87. The first-order chi connectivity index (χ1) is 9.02.